The monoisotopic (exact) mass is 256 g/mol. The Kier molecular flexibility index (Phi) is 6.49. The van der Waals surface area contributed by atoms with Gasteiger partial charge in [0.15, 0.2) is 0 Å². The lowest BCUT2D eigenvalue weighted by Gasteiger charge is -2.31. The normalized spacial score (nSPS) is 35.5. The Bertz CT molecular complexity index is 212. The molecule has 0 aromatic carbocycles. The fraction of sp³-hybridized carbons (Fsp3) is 1.00. The van der Waals surface area contributed by atoms with Crippen molar-refractivity contribution in [1.29, 1.82) is 0 Å². The molecule has 0 aromatic rings. The van der Waals surface area contributed by atoms with Crippen LogP contribution in [0.5, 0.6) is 0 Å². The van der Waals surface area contributed by atoms with Crippen LogP contribution < -0.4 is 0 Å². The molecule has 1 saturated carbocycles. The van der Waals surface area contributed by atoms with E-state index < -0.39 is 0 Å². The van der Waals surface area contributed by atoms with Gasteiger partial charge in [0, 0.05) is 0 Å². The third-order valence-electron chi connectivity index (χ3n) is 5.09. The van der Waals surface area contributed by atoms with E-state index >= 15 is 0 Å². The summed E-state index contributed by atoms with van der Waals surface area (Å²) in [6, 6.07) is 0. The van der Waals surface area contributed by atoms with Gasteiger partial charge >= 0.3 is 0 Å². The average molecular weight is 256 g/mol. The second-order valence-electron chi connectivity index (χ2n) is 6.42. The van der Waals surface area contributed by atoms with Crippen LogP contribution in [-0.4, -0.2) is 18.0 Å². The predicted molar refractivity (Wildman–Crippen MR) is 82.3 cm³/mol. The summed E-state index contributed by atoms with van der Waals surface area (Å²) < 4.78 is 0. The first-order valence-corrected chi connectivity index (χ1v) is 9.67. The van der Waals surface area contributed by atoms with Gasteiger partial charge in [0.05, 0.1) is 0 Å². The van der Waals surface area contributed by atoms with Crippen LogP contribution in [0.15, 0.2) is 0 Å². The van der Waals surface area contributed by atoms with E-state index in [1.807, 2.05) is 0 Å². The third kappa shape index (κ3) is 3.69. The third-order valence-corrected chi connectivity index (χ3v) is 8.36. The van der Waals surface area contributed by atoms with Gasteiger partial charge in [-0.1, -0.05) is 53.9 Å². The molecule has 1 heteroatoms. The van der Waals surface area contributed by atoms with Crippen molar-refractivity contribution in [2.24, 2.45) is 17.8 Å². The van der Waals surface area contributed by atoms with Gasteiger partial charge in [-0.3, -0.25) is 0 Å². The molecule has 0 aliphatic heterocycles. The van der Waals surface area contributed by atoms with Gasteiger partial charge in [-0.05, 0) is 48.6 Å². The predicted octanol–water partition coefficient (Wildman–Crippen LogP) is 5.75. The first-order valence-electron chi connectivity index (χ1n) is 7.74. The summed E-state index contributed by atoms with van der Waals surface area (Å²) in [5.74, 6) is 3.05. The molecule has 4 unspecified atom stereocenters. The van der Waals surface area contributed by atoms with E-state index in [-0.39, 0.29) is 7.92 Å². The summed E-state index contributed by atoms with van der Waals surface area (Å²) in [7, 11) is 0.244. The van der Waals surface area contributed by atoms with E-state index in [0.29, 0.717) is 0 Å². The highest BCUT2D eigenvalue weighted by Crippen LogP contribution is 2.57. The SMILES string of the molecule is CCCCC1C(P(C)C(C)C)CC(C)[C@H]1CC. The van der Waals surface area contributed by atoms with E-state index in [2.05, 4.69) is 41.3 Å². The Hall–Kier alpha value is 0.430. The minimum Gasteiger partial charge on any atom is -0.104 e. The molecular weight excluding hydrogens is 223 g/mol. The molecule has 5 atom stereocenters. The van der Waals surface area contributed by atoms with Crippen LogP contribution in [0.25, 0.3) is 0 Å². The molecule has 0 spiro atoms. The number of rotatable bonds is 6. The zero-order valence-corrected chi connectivity index (χ0v) is 13.8. The lowest BCUT2D eigenvalue weighted by atomic mass is 9.85. The first kappa shape index (κ1) is 15.5. The molecule has 1 fully saturated rings. The summed E-state index contributed by atoms with van der Waals surface area (Å²) in [6.07, 6.45) is 7.26. The topological polar surface area (TPSA) is 0 Å². The molecule has 17 heavy (non-hydrogen) atoms. The molecule has 1 aliphatic carbocycles. The van der Waals surface area contributed by atoms with Crippen LogP contribution in [0.1, 0.15) is 66.7 Å². The molecule has 0 bridgehead atoms. The standard InChI is InChI=1S/C16H33P/c1-7-9-10-15-14(8-2)13(5)11-16(15)17(6)12(3)4/h12-16H,7-11H2,1-6H3/t13?,14-,15?,16?,17?/m1/s1. The van der Waals surface area contributed by atoms with Crippen molar-refractivity contribution in [2.75, 3.05) is 6.66 Å². The zero-order valence-electron chi connectivity index (χ0n) is 12.9. The molecule has 0 nitrogen and oxygen atoms in total. The van der Waals surface area contributed by atoms with Crippen LogP contribution in [0.3, 0.4) is 0 Å². The van der Waals surface area contributed by atoms with Crippen molar-refractivity contribution in [3.63, 3.8) is 0 Å². The van der Waals surface area contributed by atoms with Gasteiger partial charge in [0.25, 0.3) is 0 Å². The molecule has 102 valence electrons. The molecule has 0 amide bonds. The summed E-state index contributed by atoms with van der Waals surface area (Å²) in [4.78, 5) is 0. The molecular formula is C16H33P. The summed E-state index contributed by atoms with van der Waals surface area (Å²) >= 11 is 0. The number of hydrogen-bond acceptors (Lipinski definition) is 0. The van der Waals surface area contributed by atoms with E-state index in [1.165, 1.54) is 32.1 Å². The minimum atomic E-state index is 0.244. The second kappa shape index (κ2) is 7.13. The molecule has 1 aliphatic rings. The quantitative estimate of drug-likeness (QED) is 0.531. The van der Waals surface area contributed by atoms with Crippen molar-refractivity contribution in [3.05, 3.63) is 0 Å². The molecule has 1 rings (SSSR count). The van der Waals surface area contributed by atoms with Gasteiger partial charge in [0.1, 0.15) is 0 Å². The van der Waals surface area contributed by atoms with Crippen LogP contribution in [0.4, 0.5) is 0 Å². The highest BCUT2D eigenvalue weighted by molar-refractivity contribution is 7.58. The fourth-order valence-electron chi connectivity index (χ4n) is 3.84. The molecule has 0 heterocycles. The van der Waals surface area contributed by atoms with E-state index in [0.717, 1.165) is 29.1 Å². The molecule has 0 N–H and O–H groups in total. The van der Waals surface area contributed by atoms with Crippen molar-refractivity contribution in [1.82, 2.24) is 0 Å². The van der Waals surface area contributed by atoms with Crippen LogP contribution in [0.2, 0.25) is 0 Å². The minimum absolute atomic E-state index is 0.244. The molecule has 0 radical (unpaired) electrons. The van der Waals surface area contributed by atoms with Crippen molar-refractivity contribution in [2.45, 2.75) is 78.0 Å². The van der Waals surface area contributed by atoms with Crippen molar-refractivity contribution in [3.8, 4) is 0 Å². The Morgan fingerprint density at radius 3 is 2.29 bits per heavy atom. The smallest absolute Gasteiger partial charge is 0.0176 e. The zero-order chi connectivity index (χ0) is 13.0. The lowest BCUT2D eigenvalue weighted by Crippen LogP contribution is -2.20. The van der Waals surface area contributed by atoms with Crippen molar-refractivity contribution < 1.29 is 0 Å². The fourth-order valence-corrected chi connectivity index (χ4v) is 6.25. The van der Waals surface area contributed by atoms with Gasteiger partial charge in [-0.2, -0.15) is 0 Å². The second-order valence-corrected chi connectivity index (χ2v) is 9.44. The Labute approximate surface area is 111 Å². The Morgan fingerprint density at radius 1 is 1.18 bits per heavy atom. The largest absolute Gasteiger partial charge is 0.104 e. The van der Waals surface area contributed by atoms with Gasteiger partial charge in [-0.25, -0.2) is 0 Å². The van der Waals surface area contributed by atoms with E-state index in [9.17, 15) is 0 Å². The van der Waals surface area contributed by atoms with Crippen LogP contribution in [0, 0.1) is 17.8 Å². The number of hydrogen-bond donors (Lipinski definition) is 0. The lowest BCUT2D eigenvalue weighted by molar-refractivity contribution is 0.298. The Morgan fingerprint density at radius 2 is 1.82 bits per heavy atom. The van der Waals surface area contributed by atoms with Gasteiger partial charge < -0.3 is 0 Å². The molecule has 0 saturated heterocycles. The summed E-state index contributed by atoms with van der Waals surface area (Å²) in [5.41, 5.74) is 1.98. The van der Waals surface area contributed by atoms with Crippen molar-refractivity contribution >= 4 is 7.92 Å². The maximum atomic E-state index is 2.56. The summed E-state index contributed by atoms with van der Waals surface area (Å²) in [6.45, 7) is 14.7. The summed E-state index contributed by atoms with van der Waals surface area (Å²) in [5, 5.41) is 0. The maximum absolute atomic E-state index is 2.56. The van der Waals surface area contributed by atoms with E-state index in [4.69, 9.17) is 0 Å². The van der Waals surface area contributed by atoms with Crippen LogP contribution in [-0.2, 0) is 0 Å². The van der Waals surface area contributed by atoms with Crippen LogP contribution >= 0.6 is 7.92 Å². The Balaban J connectivity index is 2.73. The maximum Gasteiger partial charge on any atom is -0.0176 e. The average Bonchev–Trinajstić information content (AvgIpc) is 2.61. The highest BCUT2D eigenvalue weighted by atomic mass is 31.1. The van der Waals surface area contributed by atoms with Gasteiger partial charge in [0.2, 0.25) is 0 Å². The van der Waals surface area contributed by atoms with Gasteiger partial charge in [-0.15, -0.1) is 7.92 Å². The van der Waals surface area contributed by atoms with E-state index in [1.54, 1.807) is 0 Å². The first-order chi connectivity index (χ1) is 8.02. The molecule has 0 aromatic heterocycles. The highest BCUT2D eigenvalue weighted by Gasteiger charge is 2.41. The number of unbranched alkanes of at least 4 members (excludes halogenated alkanes) is 1.